The Kier molecular flexibility index (Phi) is 51.9. The molecule has 12 amide bonds. The van der Waals surface area contributed by atoms with Gasteiger partial charge in [-0.1, -0.05) is 137 Å². The maximum absolute atomic E-state index is 15.5. The lowest BCUT2D eigenvalue weighted by atomic mass is 10.0. The zero-order chi connectivity index (χ0) is 93.3. The van der Waals surface area contributed by atoms with E-state index in [1.54, 1.807) is 94.7 Å². The van der Waals surface area contributed by atoms with Crippen LogP contribution < -0.4 is 86.7 Å². The molecule has 0 fully saturated rings. The molecule has 0 radical (unpaired) electrons. The molecule has 1 aromatic heterocycles. The number of para-hydroxylation sites is 1. The number of nitrogens with two attached hydrogens (primary N) is 4. The number of carbonyl (C=O) groups is 13. The standard InChI is InChI=1S/C90H127Cl4N19O16/c91-68-24-6-1-19-62(68)33-36-83(119)108-73(29-11-15-41-95)84(120)103-49-45-99-79(115)37-53-112(54-38-80(116)100-46-50-104-85(121)74(30-12-16-42-96)109-88(124)127-59-64-21-2-7-25-69(64)92)58-77(78(114)35-34-67-57-63-20-5-10-28-72(63)107-67)113(55-39-81(117)101-47-51-105-86(122)75(31-13-17-43-97)110-89(125)128-60-65-22-3-8-26-70(65)93)56-40-82(118)102-48-52-106-87(123)76(32-14-18-44-98)111-90(126)129-61-66-23-4-9-27-71(66)94/h1-10,19-28,57,73-77,107H,11-18,29-56,58-61,95-98H2,(H,99,115)(H,100,116)(H,101,117)(H,102,118)(H,103,120)(H,104,121)(H,105,122)(H,106,123)(H,108,119)(H,109,124)(H,110,125)(H,111,126)/t73-,74+,75-,76?,77?/m0/s1. The predicted molar refractivity (Wildman–Crippen MR) is 495 cm³/mol. The second-order valence-corrected chi connectivity index (χ2v) is 32.3. The number of nitrogens with zero attached hydrogens (tertiary/aromatic N) is 2. The third-order valence-electron chi connectivity index (χ3n) is 20.8. The molecule has 129 heavy (non-hydrogen) atoms. The quantitative estimate of drug-likeness (QED) is 0.0148. The lowest BCUT2D eigenvalue weighted by molar-refractivity contribution is -0.129. The molecule has 1 heterocycles. The maximum atomic E-state index is 15.5. The van der Waals surface area contributed by atoms with Crippen LogP contribution in [0.25, 0.3) is 10.9 Å². The predicted octanol–water partition coefficient (Wildman–Crippen LogP) is 6.26. The summed E-state index contributed by atoms with van der Waals surface area (Å²) in [6.07, 6.45) is 2.15. The van der Waals surface area contributed by atoms with Crippen LogP contribution in [0.2, 0.25) is 20.1 Å². The number of ether oxygens (including phenoxy) is 3. The zero-order valence-electron chi connectivity index (χ0n) is 73.0. The normalized spacial score (nSPS) is 12.3. The minimum Gasteiger partial charge on any atom is -0.445 e. The fraction of sp³-hybridized carbons (Fsp3) is 0.500. The highest BCUT2D eigenvalue weighted by Gasteiger charge is 2.32. The number of carbonyl (C=O) groups excluding carboxylic acids is 13. The van der Waals surface area contributed by atoms with Gasteiger partial charge in [0.1, 0.15) is 44.0 Å². The van der Waals surface area contributed by atoms with E-state index in [1.165, 1.54) is 0 Å². The van der Waals surface area contributed by atoms with Crippen LogP contribution in [-0.4, -0.2) is 233 Å². The van der Waals surface area contributed by atoms with Crippen LogP contribution in [0, 0.1) is 0 Å². The smallest absolute Gasteiger partial charge is 0.408 e. The third-order valence-corrected chi connectivity index (χ3v) is 22.3. The number of aromatic amines is 1. The van der Waals surface area contributed by atoms with Crippen molar-refractivity contribution < 1.29 is 76.5 Å². The van der Waals surface area contributed by atoms with E-state index in [1.807, 2.05) is 42.5 Å². The van der Waals surface area contributed by atoms with Gasteiger partial charge in [-0.2, -0.15) is 0 Å². The SMILES string of the molecule is NCCCCC(NC(=O)OCc1ccccc1Cl)C(=O)NCCNC(=O)CCN(CCC(=O)NCCNC(=O)[C@H](CCCCN)NC(=O)OCc1ccccc1Cl)C(CN(CCC(=O)NCCNC(=O)[C@H](CCCCN)NC(=O)CCc1ccccc1Cl)CCC(=O)NCCNC(=O)[C@@H](CCCCN)NC(=O)OCc1ccccc1Cl)C(=O)CCc1cc2ccccc2[nH]1. The lowest BCUT2D eigenvalue weighted by Gasteiger charge is -2.35. The largest absolute Gasteiger partial charge is 0.445 e. The Bertz CT molecular complexity index is 4260. The van der Waals surface area contributed by atoms with E-state index in [2.05, 4.69) is 68.8 Å². The van der Waals surface area contributed by atoms with E-state index in [9.17, 15) is 57.5 Å². The Balaban J connectivity index is 1.24. The number of H-pyrrole nitrogens is 1. The molecule has 0 spiro atoms. The molecule has 6 rings (SSSR count). The molecule has 39 heteroatoms. The average molecular weight is 1870 g/mol. The summed E-state index contributed by atoms with van der Waals surface area (Å²) in [5.74, 6) is -4.89. The van der Waals surface area contributed by atoms with Crippen molar-refractivity contribution in [3.05, 3.63) is 175 Å². The van der Waals surface area contributed by atoms with Crippen LogP contribution in [-0.2, 0) is 94.8 Å². The molecule has 0 bridgehead atoms. The number of alkyl carbamates (subject to hydrolysis) is 3. The van der Waals surface area contributed by atoms with Gasteiger partial charge in [-0.3, -0.25) is 52.8 Å². The van der Waals surface area contributed by atoms with Crippen molar-refractivity contribution in [1.82, 2.24) is 78.6 Å². The number of ketones is 1. The van der Waals surface area contributed by atoms with Gasteiger partial charge in [-0.15, -0.1) is 0 Å². The molecule has 0 saturated heterocycles. The topological polar surface area (TPSA) is 520 Å². The second kappa shape index (κ2) is 62.5. The van der Waals surface area contributed by atoms with Gasteiger partial charge in [0.2, 0.25) is 53.2 Å². The Morgan fingerprint density at radius 2 is 0.659 bits per heavy atom. The number of rotatable bonds is 64. The zero-order valence-corrected chi connectivity index (χ0v) is 76.1. The first kappa shape index (κ1) is 107. The number of Topliss-reactive ketones (excluding diaryl/α,β-unsaturated/α-hetero) is 1. The Morgan fingerprint density at radius 3 is 1.01 bits per heavy atom. The molecule has 0 saturated carbocycles. The molecule has 706 valence electrons. The van der Waals surface area contributed by atoms with E-state index in [0.717, 1.165) is 22.2 Å². The molecular formula is C90H127Cl4N19O16. The highest BCUT2D eigenvalue weighted by molar-refractivity contribution is 6.32. The number of aromatic nitrogens is 1. The van der Waals surface area contributed by atoms with Crippen LogP contribution in [0.4, 0.5) is 14.4 Å². The van der Waals surface area contributed by atoms with E-state index in [4.69, 9.17) is 83.5 Å². The number of unbranched alkanes of at least 4 members (excludes halogenated alkanes) is 4. The summed E-state index contributed by atoms with van der Waals surface area (Å²) in [7, 11) is 0. The highest BCUT2D eigenvalue weighted by Crippen LogP contribution is 2.23. The molecule has 5 aromatic carbocycles. The summed E-state index contributed by atoms with van der Waals surface area (Å²) < 4.78 is 16.2. The fourth-order valence-corrected chi connectivity index (χ4v) is 14.4. The molecule has 35 nitrogen and oxygen atoms in total. The summed E-state index contributed by atoms with van der Waals surface area (Å²) in [6.45, 7) is -0.342. The molecular weight excluding hydrogens is 1740 g/mol. The van der Waals surface area contributed by atoms with Gasteiger partial charge >= 0.3 is 18.3 Å². The lowest BCUT2D eigenvalue weighted by Crippen LogP contribution is -2.52. The van der Waals surface area contributed by atoms with Crippen LogP contribution in [0.5, 0.6) is 0 Å². The van der Waals surface area contributed by atoms with Gasteiger partial charge in [-0.05, 0) is 163 Å². The van der Waals surface area contributed by atoms with Crippen LogP contribution >= 0.6 is 46.4 Å². The van der Waals surface area contributed by atoms with Crippen molar-refractivity contribution in [3.63, 3.8) is 0 Å². The molecule has 0 aliphatic heterocycles. The van der Waals surface area contributed by atoms with Gasteiger partial charge in [0.15, 0.2) is 5.78 Å². The molecule has 0 aliphatic carbocycles. The second-order valence-electron chi connectivity index (χ2n) is 30.7. The number of aryl methyl sites for hydroxylation is 2. The Morgan fingerprint density at radius 1 is 0.341 bits per heavy atom. The minimum absolute atomic E-state index is 0.0388. The number of halogens is 4. The Hall–Kier alpha value is -10.7. The average Bonchev–Trinajstić information content (AvgIpc) is 1.74. The highest BCUT2D eigenvalue weighted by atomic mass is 35.5. The fourth-order valence-electron chi connectivity index (χ4n) is 13.6. The van der Waals surface area contributed by atoms with Crippen LogP contribution in [0.1, 0.15) is 144 Å². The van der Waals surface area contributed by atoms with Crippen LogP contribution in [0.15, 0.2) is 127 Å². The van der Waals surface area contributed by atoms with Crippen molar-refractivity contribution in [2.75, 3.05) is 111 Å². The third kappa shape index (κ3) is 43.5. The summed E-state index contributed by atoms with van der Waals surface area (Å²) in [6, 6.07) is 31.9. The number of hydrogen-bond donors (Lipinski definition) is 17. The first-order valence-electron chi connectivity index (χ1n) is 43.9. The first-order valence-corrected chi connectivity index (χ1v) is 45.4. The number of nitrogens with one attached hydrogen (secondary N) is 13. The van der Waals surface area contributed by atoms with Gasteiger partial charge < -0.3 is 111 Å². The number of hydrogen-bond acceptors (Lipinski definition) is 22. The summed E-state index contributed by atoms with van der Waals surface area (Å²) >= 11 is 25.2. The maximum Gasteiger partial charge on any atom is 0.408 e. The first-order chi connectivity index (χ1) is 62.4. The molecule has 21 N–H and O–H groups in total. The van der Waals surface area contributed by atoms with Crippen molar-refractivity contribution in [2.24, 2.45) is 22.9 Å². The van der Waals surface area contributed by atoms with E-state index in [-0.39, 0.29) is 181 Å². The number of fused-ring (bicyclic) bond motifs is 1. The summed E-state index contributed by atoms with van der Waals surface area (Å²) in [4.78, 5) is 186. The van der Waals surface area contributed by atoms with Crippen molar-refractivity contribution in [2.45, 2.75) is 178 Å². The van der Waals surface area contributed by atoms with Gasteiger partial charge in [0, 0.05) is 172 Å². The van der Waals surface area contributed by atoms with Crippen molar-refractivity contribution in [3.8, 4) is 0 Å². The van der Waals surface area contributed by atoms with Crippen LogP contribution in [0.3, 0.4) is 0 Å². The van der Waals surface area contributed by atoms with Gasteiger partial charge in [0.05, 0.1) is 6.04 Å². The molecule has 2 unspecified atom stereocenters. The Labute approximate surface area is 773 Å². The van der Waals surface area contributed by atoms with Crippen molar-refractivity contribution in [1.29, 1.82) is 0 Å². The van der Waals surface area contributed by atoms with Gasteiger partial charge in [-0.25, -0.2) is 14.4 Å². The van der Waals surface area contributed by atoms with E-state index >= 15 is 4.79 Å². The van der Waals surface area contributed by atoms with Gasteiger partial charge in [0.25, 0.3) is 0 Å². The summed E-state index contributed by atoms with van der Waals surface area (Å²) in [5, 5.41) is 35.6. The number of amides is 12. The monoisotopic (exact) mass is 1870 g/mol. The minimum atomic E-state index is -1.17. The molecule has 6 aromatic rings. The molecule has 0 aliphatic rings. The van der Waals surface area contributed by atoms with E-state index in [0.29, 0.717) is 127 Å². The van der Waals surface area contributed by atoms with E-state index < -0.39 is 95.7 Å². The molecule has 5 atom stereocenters. The summed E-state index contributed by atoms with van der Waals surface area (Å²) in [5.41, 5.74) is 27.1. The van der Waals surface area contributed by atoms with Crippen molar-refractivity contribution >= 4 is 135 Å². The number of benzene rings is 5.